The molecule has 71 heavy (non-hydrogen) atoms. The molecule has 3 unspecified atom stereocenters. The normalized spacial score (nSPS) is 17.5. The summed E-state index contributed by atoms with van der Waals surface area (Å²) in [6.45, 7) is 9.37. The van der Waals surface area contributed by atoms with E-state index in [1.54, 1.807) is 29.0 Å². The minimum absolute atomic E-state index is 0.0186. The Morgan fingerprint density at radius 3 is 1.83 bits per heavy atom. The molecule has 3 rings (SSSR count). The summed E-state index contributed by atoms with van der Waals surface area (Å²) in [4.78, 5) is 108. The number of rotatable bonds is 24. The fraction of sp³-hybridized carbons (Fsp3) is 0.659. The Morgan fingerprint density at radius 2 is 1.37 bits per heavy atom. The molecule has 26 nitrogen and oxygen atoms in total. The zero-order valence-electron chi connectivity index (χ0n) is 41.3. The smallest absolute Gasteiger partial charge is 0.475 e. The van der Waals surface area contributed by atoms with Crippen molar-refractivity contribution >= 4 is 61.5 Å². The minimum atomic E-state index is -1.56. The lowest BCUT2D eigenvalue weighted by atomic mass is 9.78. The number of aliphatic carboxylic acids is 2. The number of nitrogens with one attached hydrogen (secondary N) is 3. The maximum Gasteiger partial charge on any atom is 0.475 e. The van der Waals surface area contributed by atoms with Crippen LogP contribution in [0.25, 0.3) is 0 Å². The van der Waals surface area contributed by atoms with Crippen LogP contribution >= 0.6 is 0 Å². The lowest BCUT2D eigenvalue weighted by molar-refractivity contribution is -0.140. The molecule has 3 atom stereocenters. The second kappa shape index (κ2) is 36.0. The molecule has 0 aliphatic carbocycles. The number of carbonyl (C=O) groups is 8. The van der Waals surface area contributed by atoms with Crippen LogP contribution in [0.2, 0.25) is 0 Å². The van der Waals surface area contributed by atoms with Gasteiger partial charge in [-0.2, -0.15) is 0 Å². The molecular weight excluding hydrogens is 931 g/mol. The van der Waals surface area contributed by atoms with Gasteiger partial charge in [0, 0.05) is 104 Å². The molecule has 2 aliphatic rings. The molecule has 2 aliphatic heterocycles. The number of carboxylic acids is 2. The van der Waals surface area contributed by atoms with Crippen LogP contribution in [0.1, 0.15) is 68.3 Å². The van der Waals surface area contributed by atoms with Gasteiger partial charge in [0.2, 0.25) is 24.1 Å². The molecule has 0 spiro atoms. The third-order valence-electron chi connectivity index (χ3n) is 11.4. The minimum Gasteiger partial charge on any atom is -0.483 e. The number of hydrogen-bond acceptors (Lipinski definition) is 16. The number of hydrogen-bond donors (Lipinski definition) is 11. The molecule has 2 heterocycles. The number of benzene rings is 1. The zero-order chi connectivity index (χ0) is 53.3. The van der Waals surface area contributed by atoms with Crippen LogP contribution in [0, 0.1) is 0 Å². The first-order valence-electron chi connectivity index (χ1n) is 23.7. The van der Waals surface area contributed by atoms with Crippen molar-refractivity contribution in [3.05, 3.63) is 35.4 Å². The number of carboxylic acid groups (broad SMARTS) is 3. The molecule has 1 aromatic rings. The van der Waals surface area contributed by atoms with E-state index in [0.29, 0.717) is 103 Å². The lowest BCUT2D eigenvalue weighted by Crippen LogP contribution is -2.52. The molecule has 13 N–H and O–H groups in total. The highest BCUT2D eigenvalue weighted by molar-refractivity contribution is 6.43. The van der Waals surface area contributed by atoms with Crippen molar-refractivity contribution in [2.45, 2.75) is 77.0 Å². The number of aliphatic hydroxyl groups excluding tert-OH is 1. The van der Waals surface area contributed by atoms with Crippen molar-refractivity contribution in [1.82, 2.24) is 45.3 Å². The topological polar surface area (TPSA) is 378 Å². The Morgan fingerprint density at radius 1 is 0.831 bits per heavy atom. The van der Waals surface area contributed by atoms with Crippen LogP contribution in [0.4, 0.5) is 0 Å². The van der Waals surface area contributed by atoms with Crippen LogP contribution in [0.3, 0.4) is 0 Å². The molecule has 2 saturated heterocycles. The average Bonchev–Trinajstić information content (AvgIpc) is 3.71. The Balaban J connectivity index is 0.00000155. The summed E-state index contributed by atoms with van der Waals surface area (Å²) in [7, 11) is 0.164. The number of aliphatic imine (C=N–C) groups is 1. The molecular formula is C44H77BN12O14. The number of guanidine groups is 1. The van der Waals surface area contributed by atoms with Gasteiger partial charge in [-0.3, -0.25) is 58.0 Å². The maximum atomic E-state index is 13.5. The quantitative estimate of drug-likeness (QED) is 0.0154. The van der Waals surface area contributed by atoms with Crippen LogP contribution in [-0.4, -0.2) is 251 Å². The third-order valence-corrected chi connectivity index (χ3v) is 11.4. The van der Waals surface area contributed by atoms with Gasteiger partial charge in [-0.25, -0.2) is 0 Å². The predicted molar refractivity (Wildman–Crippen MR) is 262 cm³/mol. The molecule has 0 aromatic heterocycles. The van der Waals surface area contributed by atoms with Crippen molar-refractivity contribution in [2.24, 2.45) is 16.5 Å². The van der Waals surface area contributed by atoms with Gasteiger partial charge < -0.3 is 72.6 Å². The Bertz CT molecular complexity index is 1810. The molecule has 0 bridgehead atoms. The van der Waals surface area contributed by atoms with Crippen LogP contribution in [-0.2, 0) is 40.1 Å². The van der Waals surface area contributed by atoms with Crippen LogP contribution in [0.5, 0.6) is 0 Å². The van der Waals surface area contributed by atoms with Gasteiger partial charge >= 0.3 is 19.1 Å². The zero-order valence-corrected chi connectivity index (χ0v) is 41.3. The van der Waals surface area contributed by atoms with E-state index in [0.717, 1.165) is 12.1 Å². The van der Waals surface area contributed by atoms with Crippen molar-refractivity contribution < 1.29 is 68.8 Å². The van der Waals surface area contributed by atoms with Crippen molar-refractivity contribution in [1.29, 1.82) is 0 Å². The van der Waals surface area contributed by atoms with Gasteiger partial charge in [0.05, 0.1) is 31.7 Å². The number of likely N-dealkylation sites (N-methyl/N-ethyl adjacent to an activating group) is 1. The van der Waals surface area contributed by atoms with Gasteiger partial charge in [-0.1, -0.05) is 19.1 Å². The molecule has 400 valence electrons. The SMILES string of the molecule is CCNC(=O)c1ccc(CN(C)C(=O)CCCCNC(=O)C(CCCN=C(N)N)NC(=O)CN2CCN(CC)CCN(CC(=O)O)CCN(CC(=O)O)CC2)cc1.O=CN1CC(O)CC1B(O)O.O=CO. The summed E-state index contributed by atoms with van der Waals surface area (Å²) in [6.07, 6.45) is 2.21. The molecule has 5 amide bonds. The van der Waals surface area contributed by atoms with E-state index >= 15 is 0 Å². The first-order valence-corrected chi connectivity index (χ1v) is 23.7. The van der Waals surface area contributed by atoms with E-state index in [2.05, 4.69) is 25.8 Å². The molecule has 0 saturated carbocycles. The number of unbranched alkanes of at least 4 members (excludes halogenated alkanes) is 1. The number of nitrogens with two attached hydrogens (primary N) is 2. The van der Waals surface area contributed by atoms with Gasteiger partial charge in [0.15, 0.2) is 5.96 Å². The highest BCUT2D eigenvalue weighted by Gasteiger charge is 2.37. The summed E-state index contributed by atoms with van der Waals surface area (Å²) >= 11 is 0. The van der Waals surface area contributed by atoms with Gasteiger partial charge in [-0.15, -0.1) is 0 Å². The highest BCUT2D eigenvalue weighted by Crippen LogP contribution is 2.16. The average molecular weight is 1010 g/mol. The monoisotopic (exact) mass is 1010 g/mol. The van der Waals surface area contributed by atoms with Crippen LogP contribution in [0.15, 0.2) is 29.3 Å². The molecule has 2 fully saturated rings. The molecule has 0 radical (unpaired) electrons. The fourth-order valence-corrected chi connectivity index (χ4v) is 7.56. The van der Waals surface area contributed by atoms with Crippen LogP contribution < -0.4 is 27.4 Å². The first-order chi connectivity index (χ1) is 33.8. The number of nitrogens with zero attached hydrogens (tertiary/aromatic N) is 7. The van der Waals surface area contributed by atoms with E-state index < -0.39 is 37.1 Å². The number of β-amino-alcohol motifs (C(OH)–C–C–N with tert-alkyl or cyclic N) is 1. The molecule has 27 heteroatoms. The second-order valence-corrected chi connectivity index (χ2v) is 17.0. The number of amides is 5. The Kier molecular flexibility index (Phi) is 32.0. The second-order valence-electron chi connectivity index (χ2n) is 17.0. The van der Waals surface area contributed by atoms with E-state index in [-0.39, 0.29) is 88.0 Å². The fourth-order valence-electron chi connectivity index (χ4n) is 7.56. The number of likely N-dealkylation sites (tertiary alicyclic amines) is 1. The van der Waals surface area contributed by atoms with E-state index in [9.17, 15) is 43.8 Å². The van der Waals surface area contributed by atoms with E-state index in [4.69, 9.17) is 36.5 Å². The van der Waals surface area contributed by atoms with Crippen molar-refractivity contribution in [3.63, 3.8) is 0 Å². The summed E-state index contributed by atoms with van der Waals surface area (Å²) in [6, 6.07) is 6.26. The summed E-state index contributed by atoms with van der Waals surface area (Å²) < 4.78 is 0. The predicted octanol–water partition coefficient (Wildman–Crippen LogP) is -4.08. The summed E-state index contributed by atoms with van der Waals surface area (Å²) in [5, 5.41) is 60.8. The summed E-state index contributed by atoms with van der Waals surface area (Å²) in [5.74, 6) is -3.59. The Hall–Kier alpha value is -5.97. The van der Waals surface area contributed by atoms with Gasteiger partial charge in [0.1, 0.15) is 6.04 Å². The van der Waals surface area contributed by atoms with Crippen molar-refractivity contribution in [3.8, 4) is 0 Å². The first kappa shape index (κ1) is 63.1. The number of aliphatic hydroxyl groups is 1. The standard InChI is InChI=1S/C38H65N11O8.C5H10BNO4.CH2O2/c1-4-41-36(56)30-13-11-29(12-14-30)25-45(3)33(51)10-6-7-15-42-37(57)31(9-8-16-43-38(39)40)44-32(50)26-47-19-17-46(5-2)18-20-48(27-34(52)53)23-24-49(22-21-47)28-35(54)55;8-3-7-2-4(9)1-5(7)6(10)11;2-1-3/h11-14,31H,4-10,15-28H2,1-3H3,(H,41,56)(H,42,57)(H,44,50)(H,52,53)(H,54,55)(H4,39,40,43);3-5,9-11H,1-2H2;1H,(H,2,3). The summed E-state index contributed by atoms with van der Waals surface area (Å²) in [5.41, 5.74) is 12.4. The van der Waals surface area contributed by atoms with E-state index in [1.807, 2.05) is 35.8 Å². The Labute approximate surface area is 415 Å². The van der Waals surface area contributed by atoms with Gasteiger partial charge in [-0.05, 0) is 63.3 Å². The highest BCUT2D eigenvalue weighted by atomic mass is 16.4. The van der Waals surface area contributed by atoms with Crippen molar-refractivity contribution in [2.75, 3.05) is 112 Å². The number of carbonyl (C=O) groups excluding carboxylic acids is 5. The lowest BCUT2D eigenvalue weighted by Gasteiger charge is -2.33. The van der Waals surface area contributed by atoms with E-state index in [1.165, 1.54) is 4.90 Å². The molecule has 1 aromatic carbocycles. The third kappa shape index (κ3) is 27.9. The maximum absolute atomic E-state index is 13.5. The van der Waals surface area contributed by atoms with Gasteiger partial charge in [0.25, 0.3) is 12.4 Å². The largest absolute Gasteiger partial charge is 0.483 e.